The van der Waals surface area contributed by atoms with Crippen molar-refractivity contribution in [1.82, 2.24) is 4.90 Å². The summed E-state index contributed by atoms with van der Waals surface area (Å²) in [5.74, 6) is 0. The first kappa shape index (κ1) is 17.4. The molecule has 0 saturated carbocycles. The number of nitrogens with zero attached hydrogens (tertiary/aromatic N) is 1. The number of carbonyl (C=O) groups is 1. The van der Waals surface area contributed by atoms with Crippen molar-refractivity contribution in [2.75, 3.05) is 18.9 Å². The number of hydrogen-bond acceptors (Lipinski definition) is 3. The second-order valence-electron chi connectivity index (χ2n) is 5.92. The lowest BCUT2D eigenvalue weighted by Crippen LogP contribution is -2.37. The van der Waals surface area contributed by atoms with E-state index in [2.05, 4.69) is 6.08 Å². The van der Waals surface area contributed by atoms with Crippen LogP contribution in [0.5, 0.6) is 0 Å². The highest BCUT2D eigenvalue weighted by Gasteiger charge is 2.29. The summed E-state index contributed by atoms with van der Waals surface area (Å²) >= 11 is 6.14. The van der Waals surface area contributed by atoms with Gasteiger partial charge in [0.15, 0.2) is 0 Å². The van der Waals surface area contributed by atoms with E-state index in [4.69, 9.17) is 22.1 Å². The monoisotopic (exact) mass is 356 g/mol. The van der Waals surface area contributed by atoms with Crippen LogP contribution in [0.4, 0.5) is 10.5 Å². The first-order chi connectivity index (χ1) is 12.1. The average molecular weight is 357 g/mol. The molecule has 2 aromatic carbocycles. The Hall–Kier alpha value is -2.46. The number of hydrogen-bond donors (Lipinski definition) is 1. The molecule has 4 nitrogen and oxygen atoms in total. The van der Waals surface area contributed by atoms with Crippen LogP contribution in [0.3, 0.4) is 0 Å². The van der Waals surface area contributed by atoms with Gasteiger partial charge < -0.3 is 10.5 Å². The van der Waals surface area contributed by atoms with E-state index in [0.29, 0.717) is 30.3 Å². The summed E-state index contributed by atoms with van der Waals surface area (Å²) in [4.78, 5) is 14.1. The van der Waals surface area contributed by atoms with Crippen molar-refractivity contribution in [3.63, 3.8) is 0 Å². The molecule has 0 aliphatic carbocycles. The van der Waals surface area contributed by atoms with Crippen LogP contribution in [-0.4, -0.2) is 24.1 Å². The molecular weight excluding hydrogens is 336 g/mol. The maximum absolute atomic E-state index is 12.4. The van der Waals surface area contributed by atoms with Crippen molar-refractivity contribution >= 4 is 29.0 Å². The number of benzene rings is 2. The van der Waals surface area contributed by atoms with Gasteiger partial charge in [-0.3, -0.25) is 4.90 Å². The van der Waals surface area contributed by atoms with E-state index in [1.807, 2.05) is 49.4 Å². The molecule has 0 aromatic heterocycles. The summed E-state index contributed by atoms with van der Waals surface area (Å²) in [5.41, 5.74) is 9.88. The lowest BCUT2D eigenvalue weighted by Gasteiger charge is -2.34. The predicted molar refractivity (Wildman–Crippen MR) is 101 cm³/mol. The first-order valence-corrected chi connectivity index (χ1v) is 8.72. The smallest absolute Gasteiger partial charge is 0.410 e. The van der Waals surface area contributed by atoms with Crippen molar-refractivity contribution in [3.05, 3.63) is 70.8 Å². The summed E-state index contributed by atoms with van der Waals surface area (Å²) in [5, 5.41) is 0.647. The van der Waals surface area contributed by atoms with E-state index in [9.17, 15) is 4.79 Å². The van der Waals surface area contributed by atoms with Crippen molar-refractivity contribution in [2.24, 2.45) is 0 Å². The Labute approximate surface area is 152 Å². The van der Waals surface area contributed by atoms with Crippen LogP contribution < -0.4 is 5.73 Å². The molecule has 0 radical (unpaired) electrons. The lowest BCUT2D eigenvalue weighted by molar-refractivity contribution is 0.0968. The normalized spacial score (nSPS) is 17.1. The van der Waals surface area contributed by atoms with Gasteiger partial charge in [0.05, 0.1) is 12.6 Å². The van der Waals surface area contributed by atoms with E-state index in [-0.39, 0.29) is 12.1 Å². The number of rotatable bonds is 3. The van der Waals surface area contributed by atoms with Gasteiger partial charge in [0, 0.05) is 22.8 Å². The first-order valence-electron chi connectivity index (χ1n) is 8.34. The minimum Gasteiger partial charge on any atom is -0.450 e. The molecule has 1 aliphatic rings. The standard InChI is InChI=1S/C20H21ClN2O2/c1-2-25-20(24)23-11-10-15(17-13-16(21)8-9-18(17)22)12-19(23)14-6-4-3-5-7-14/h3-9,12-13,19H,2,10-11,22H2,1H3. The van der Waals surface area contributed by atoms with Crippen LogP contribution in [0.1, 0.15) is 30.5 Å². The van der Waals surface area contributed by atoms with Crippen LogP contribution in [0.15, 0.2) is 54.6 Å². The van der Waals surface area contributed by atoms with E-state index in [1.54, 1.807) is 11.0 Å². The third-order valence-corrected chi connectivity index (χ3v) is 4.56. The van der Waals surface area contributed by atoms with Gasteiger partial charge in [-0.1, -0.05) is 48.0 Å². The Kier molecular flexibility index (Phi) is 5.29. The molecule has 1 atom stereocenters. The third-order valence-electron chi connectivity index (χ3n) is 4.32. The Morgan fingerprint density at radius 3 is 2.76 bits per heavy atom. The van der Waals surface area contributed by atoms with E-state index in [1.165, 1.54) is 0 Å². The number of nitrogens with two attached hydrogens (primary N) is 1. The summed E-state index contributed by atoms with van der Waals surface area (Å²) in [6, 6.07) is 15.2. The number of carbonyl (C=O) groups excluding carboxylic acids is 1. The molecule has 1 amide bonds. The molecule has 1 unspecified atom stereocenters. The highest BCUT2D eigenvalue weighted by atomic mass is 35.5. The summed E-state index contributed by atoms with van der Waals surface area (Å²) < 4.78 is 5.23. The minimum absolute atomic E-state index is 0.192. The zero-order valence-electron chi connectivity index (χ0n) is 14.1. The summed E-state index contributed by atoms with van der Waals surface area (Å²) in [6.07, 6.45) is 2.48. The zero-order chi connectivity index (χ0) is 17.8. The molecule has 3 rings (SSSR count). The van der Waals surface area contributed by atoms with E-state index in [0.717, 1.165) is 16.7 Å². The molecule has 2 aromatic rings. The average Bonchev–Trinajstić information content (AvgIpc) is 2.64. The number of halogens is 1. The highest BCUT2D eigenvalue weighted by Crippen LogP contribution is 2.36. The van der Waals surface area contributed by atoms with Gasteiger partial charge in [-0.25, -0.2) is 4.79 Å². The molecule has 1 heterocycles. The van der Waals surface area contributed by atoms with Crippen molar-refractivity contribution in [2.45, 2.75) is 19.4 Å². The Morgan fingerprint density at radius 1 is 1.28 bits per heavy atom. The maximum Gasteiger partial charge on any atom is 0.410 e. The fourth-order valence-electron chi connectivity index (χ4n) is 3.11. The maximum atomic E-state index is 12.4. The number of ether oxygens (including phenoxy) is 1. The molecule has 5 heteroatoms. The van der Waals surface area contributed by atoms with Crippen molar-refractivity contribution < 1.29 is 9.53 Å². The van der Waals surface area contributed by atoms with Gasteiger partial charge >= 0.3 is 6.09 Å². The van der Waals surface area contributed by atoms with Gasteiger partial charge in [0.1, 0.15) is 0 Å². The van der Waals surface area contributed by atoms with Crippen LogP contribution >= 0.6 is 11.6 Å². The van der Waals surface area contributed by atoms with Gasteiger partial charge in [-0.2, -0.15) is 0 Å². The van der Waals surface area contributed by atoms with Gasteiger partial charge in [0.2, 0.25) is 0 Å². The van der Waals surface area contributed by atoms with Crippen molar-refractivity contribution in [1.29, 1.82) is 0 Å². The second-order valence-corrected chi connectivity index (χ2v) is 6.36. The zero-order valence-corrected chi connectivity index (χ0v) is 14.9. The van der Waals surface area contributed by atoms with Crippen LogP contribution in [0.25, 0.3) is 5.57 Å². The van der Waals surface area contributed by atoms with E-state index >= 15 is 0 Å². The molecule has 2 N–H and O–H groups in total. The molecule has 0 bridgehead atoms. The number of anilines is 1. The quantitative estimate of drug-likeness (QED) is 0.795. The Balaban J connectivity index is 2.02. The molecule has 25 heavy (non-hydrogen) atoms. The topological polar surface area (TPSA) is 55.6 Å². The van der Waals surface area contributed by atoms with E-state index < -0.39 is 0 Å². The summed E-state index contributed by atoms with van der Waals surface area (Å²) in [7, 11) is 0. The van der Waals surface area contributed by atoms with Crippen LogP contribution in [0, 0.1) is 0 Å². The highest BCUT2D eigenvalue weighted by molar-refractivity contribution is 6.30. The fraction of sp³-hybridized carbons (Fsp3) is 0.250. The molecule has 130 valence electrons. The number of nitrogen functional groups attached to an aromatic ring is 1. The summed E-state index contributed by atoms with van der Waals surface area (Å²) in [6.45, 7) is 2.73. The second kappa shape index (κ2) is 7.62. The molecule has 0 fully saturated rings. The fourth-order valence-corrected chi connectivity index (χ4v) is 3.28. The van der Waals surface area contributed by atoms with Crippen LogP contribution in [0.2, 0.25) is 5.02 Å². The lowest BCUT2D eigenvalue weighted by atomic mass is 9.92. The molecule has 1 aliphatic heterocycles. The van der Waals surface area contributed by atoms with Gasteiger partial charge in [-0.15, -0.1) is 0 Å². The number of amides is 1. The van der Waals surface area contributed by atoms with Crippen molar-refractivity contribution in [3.8, 4) is 0 Å². The SMILES string of the molecule is CCOC(=O)N1CCC(c2cc(Cl)ccc2N)=CC1c1ccccc1. The Morgan fingerprint density at radius 2 is 2.04 bits per heavy atom. The Bertz CT molecular complexity index is 790. The molecular formula is C20H21ClN2O2. The molecule has 0 spiro atoms. The minimum atomic E-state index is -0.300. The van der Waals surface area contributed by atoms with Gasteiger partial charge in [-0.05, 0) is 42.7 Å². The molecule has 0 saturated heterocycles. The van der Waals surface area contributed by atoms with Gasteiger partial charge in [0.25, 0.3) is 0 Å². The largest absolute Gasteiger partial charge is 0.450 e. The van der Waals surface area contributed by atoms with Crippen LogP contribution in [-0.2, 0) is 4.74 Å². The third kappa shape index (κ3) is 3.80. The predicted octanol–water partition coefficient (Wildman–Crippen LogP) is 4.91.